The predicted octanol–water partition coefficient (Wildman–Crippen LogP) is 6.39. The van der Waals surface area contributed by atoms with Crippen LogP contribution < -0.4 is 4.74 Å². The Balaban J connectivity index is 1.60. The molecule has 0 fully saturated rings. The molecule has 4 rings (SSSR count). The van der Waals surface area contributed by atoms with E-state index in [0.717, 1.165) is 16.7 Å². The van der Waals surface area contributed by atoms with Gasteiger partial charge in [-0.05, 0) is 93.2 Å². The Kier molecular flexibility index (Phi) is 6.39. The van der Waals surface area contributed by atoms with E-state index in [4.69, 9.17) is 9.47 Å². The van der Waals surface area contributed by atoms with Crippen molar-refractivity contribution in [2.24, 2.45) is 4.99 Å². The SMILES string of the molecule is Cc1ccc(C(=O)Oc2c(Br)cc(/C=C3\N=C(c4ccccc4C)OC3=O)cc2Br)cc1. The molecule has 32 heavy (non-hydrogen) atoms. The molecular weight excluding hydrogens is 538 g/mol. The van der Waals surface area contributed by atoms with Crippen molar-refractivity contribution < 1.29 is 19.1 Å². The Labute approximate surface area is 202 Å². The van der Waals surface area contributed by atoms with Gasteiger partial charge >= 0.3 is 11.9 Å². The lowest BCUT2D eigenvalue weighted by Gasteiger charge is -2.10. The summed E-state index contributed by atoms with van der Waals surface area (Å²) in [5.41, 5.74) is 4.11. The van der Waals surface area contributed by atoms with Crippen molar-refractivity contribution in [3.63, 3.8) is 0 Å². The summed E-state index contributed by atoms with van der Waals surface area (Å²) in [6, 6.07) is 18.2. The molecule has 1 heterocycles. The molecule has 0 bridgehead atoms. The fourth-order valence-corrected chi connectivity index (χ4v) is 4.48. The second-order valence-electron chi connectivity index (χ2n) is 7.22. The largest absolute Gasteiger partial charge is 0.421 e. The molecule has 160 valence electrons. The number of carbonyl (C=O) groups is 2. The summed E-state index contributed by atoms with van der Waals surface area (Å²) in [5.74, 6) is -0.369. The van der Waals surface area contributed by atoms with Gasteiger partial charge in [0.2, 0.25) is 5.90 Å². The van der Waals surface area contributed by atoms with Gasteiger partial charge in [-0.25, -0.2) is 14.6 Å². The summed E-state index contributed by atoms with van der Waals surface area (Å²) < 4.78 is 12.0. The molecule has 0 amide bonds. The van der Waals surface area contributed by atoms with E-state index < -0.39 is 11.9 Å². The summed E-state index contributed by atoms with van der Waals surface area (Å²) in [7, 11) is 0. The van der Waals surface area contributed by atoms with Crippen LogP contribution in [-0.2, 0) is 9.53 Å². The van der Waals surface area contributed by atoms with Gasteiger partial charge in [-0.1, -0.05) is 35.9 Å². The Hall–Kier alpha value is -3.03. The first-order chi connectivity index (χ1) is 15.3. The van der Waals surface area contributed by atoms with E-state index in [1.165, 1.54) is 0 Å². The lowest BCUT2D eigenvalue weighted by atomic mass is 10.1. The minimum Gasteiger partial charge on any atom is -0.421 e. The number of esters is 2. The lowest BCUT2D eigenvalue weighted by Crippen LogP contribution is -2.09. The monoisotopic (exact) mass is 553 g/mol. The highest BCUT2D eigenvalue weighted by Gasteiger charge is 2.25. The van der Waals surface area contributed by atoms with E-state index in [2.05, 4.69) is 36.9 Å². The normalized spacial score (nSPS) is 14.3. The number of halogens is 2. The minimum absolute atomic E-state index is 0.187. The first kappa shape index (κ1) is 22.2. The van der Waals surface area contributed by atoms with Gasteiger partial charge in [-0.3, -0.25) is 0 Å². The zero-order chi connectivity index (χ0) is 22.8. The zero-order valence-corrected chi connectivity index (χ0v) is 20.4. The zero-order valence-electron chi connectivity index (χ0n) is 17.2. The molecule has 0 aromatic heterocycles. The predicted molar refractivity (Wildman–Crippen MR) is 130 cm³/mol. The van der Waals surface area contributed by atoms with Gasteiger partial charge < -0.3 is 9.47 Å². The summed E-state index contributed by atoms with van der Waals surface area (Å²) in [6.07, 6.45) is 1.62. The molecule has 0 radical (unpaired) electrons. The van der Waals surface area contributed by atoms with E-state index >= 15 is 0 Å². The number of ether oxygens (including phenoxy) is 2. The third kappa shape index (κ3) is 4.74. The fraction of sp³-hybridized carbons (Fsp3) is 0.0800. The molecule has 0 unspecified atom stereocenters. The van der Waals surface area contributed by atoms with Crippen LogP contribution in [0.3, 0.4) is 0 Å². The molecule has 5 nitrogen and oxygen atoms in total. The van der Waals surface area contributed by atoms with Crippen LogP contribution in [0.4, 0.5) is 0 Å². The number of aryl methyl sites for hydroxylation is 2. The van der Waals surface area contributed by atoms with Crippen LogP contribution in [-0.4, -0.2) is 17.8 Å². The van der Waals surface area contributed by atoms with Gasteiger partial charge in [0, 0.05) is 5.56 Å². The van der Waals surface area contributed by atoms with E-state index in [0.29, 0.717) is 25.8 Å². The lowest BCUT2D eigenvalue weighted by molar-refractivity contribution is -0.129. The average molecular weight is 555 g/mol. The molecule has 1 aliphatic rings. The van der Waals surface area contributed by atoms with Gasteiger partial charge in [0.05, 0.1) is 14.5 Å². The highest BCUT2D eigenvalue weighted by Crippen LogP contribution is 2.36. The summed E-state index contributed by atoms with van der Waals surface area (Å²) in [5, 5.41) is 0. The molecule has 7 heteroatoms. The van der Waals surface area contributed by atoms with E-state index in [-0.39, 0.29) is 11.6 Å². The number of rotatable bonds is 4. The van der Waals surface area contributed by atoms with Crippen LogP contribution in [0.25, 0.3) is 6.08 Å². The maximum absolute atomic E-state index is 12.5. The number of nitrogens with zero attached hydrogens (tertiary/aromatic N) is 1. The second-order valence-corrected chi connectivity index (χ2v) is 8.93. The third-order valence-electron chi connectivity index (χ3n) is 4.80. The van der Waals surface area contributed by atoms with Gasteiger partial charge in [0.1, 0.15) is 0 Å². The van der Waals surface area contributed by atoms with E-state index in [9.17, 15) is 9.59 Å². The average Bonchev–Trinajstić information content (AvgIpc) is 3.11. The number of hydrogen-bond donors (Lipinski definition) is 0. The molecule has 0 atom stereocenters. The van der Waals surface area contributed by atoms with Crippen LogP contribution in [0.15, 0.2) is 80.3 Å². The van der Waals surface area contributed by atoms with Gasteiger partial charge in [-0.15, -0.1) is 0 Å². The number of benzene rings is 3. The van der Waals surface area contributed by atoms with Crippen molar-refractivity contribution in [1.29, 1.82) is 0 Å². The Bertz CT molecular complexity index is 1270. The van der Waals surface area contributed by atoms with Crippen molar-refractivity contribution in [3.05, 3.63) is 103 Å². The second kappa shape index (κ2) is 9.22. The quantitative estimate of drug-likeness (QED) is 0.213. The van der Waals surface area contributed by atoms with Crippen LogP contribution in [0.1, 0.15) is 32.6 Å². The molecule has 0 saturated carbocycles. The molecule has 0 spiro atoms. The first-order valence-corrected chi connectivity index (χ1v) is 11.3. The molecule has 0 aliphatic carbocycles. The summed E-state index contributed by atoms with van der Waals surface area (Å²) >= 11 is 6.89. The topological polar surface area (TPSA) is 65.0 Å². The maximum atomic E-state index is 12.5. The highest BCUT2D eigenvalue weighted by atomic mass is 79.9. The molecular formula is C25H17Br2NO4. The third-order valence-corrected chi connectivity index (χ3v) is 5.98. The Morgan fingerprint density at radius 3 is 2.31 bits per heavy atom. The number of aliphatic imine (C=N–C) groups is 1. The number of hydrogen-bond acceptors (Lipinski definition) is 5. The molecule has 1 aliphatic heterocycles. The molecule has 0 saturated heterocycles. The van der Waals surface area contributed by atoms with E-state index in [1.807, 2.05) is 50.2 Å². The van der Waals surface area contributed by atoms with Crippen molar-refractivity contribution in [1.82, 2.24) is 0 Å². The van der Waals surface area contributed by atoms with E-state index in [1.54, 1.807) is 30.3 Å². The van der Waals surface area contributed by atoms with Gasteiger partial charge in [0.25, 0.3) is 0 Å². The smallest absolute Gasteiger partial charge is 0.363 e. The van der Waals surface area contributed by atoms with Gasteiger partial charge in [0.15, 0.2) is 11.4 Å². The Morgan fingerprint density at radius 2 is 1.66 bits per heavy atom. The summed E-state index contributed by atoms with van der Waals surface area (Å²) in [6.45, 7) is 3.88. The van der Waals surface area contributed by atoms with Crippen molar-refractivity contribution in [2.75, 3.05) is 0 Å². The van der Waals surface area contributed by atoms with Crippen molar-refractivity contribution in [3.8, 4) is 5.75 Å². The standard InChI is InChI=1S/C25H17Br2NO4/c1-14-7-9-17(10-8-14)24(29)31-22-19(26)11-16(12-20(22)27)13-21-25(30)32-23(28-21)18-6-4-3-5-15(18)2/h3-13H,1-2H3/b21-13-. The molecule has 3 aromatic rings. The number of carbonyl (C=O) groups excluding carboxylic acids is 2. The minimum atomic E-state index is -0.523. The molecule has 0 N–H and O–H groups in total. The van der Waals surface area contributed by atoms with Crippen LogP contribution in [0, 0.1) is 13.8 Å². The number of cyclic esters (lactones) is 1. The van der Waals surface area contributed by atoms with Crippen molar-refractivity contribution >= 4 is 55.8 Å². The first-order valence-electron chi connectivity index (χ1n) is 9.68. The fourth-order valence-electron chi connectivity index (χ4n) is 3.10. The van der Waals surface area contributed by atoms with Crippen LogP contribution in [0.2, 0.25) is 0 Å². The van der Waals surface area contributed by atoms with Crippen LogP contribution >= 0.6 is 31.9 Å². The summed E-state index contributed by atoms with van der Waals surface area (Å²) in [4.78, 5) is 29.2. The van der Waals surface area contributed by atoms with Crippen molar-refractivity contribution in [2.45, 2.75) is 13.8 Å². The highest BCUT2D eigenvalue weighted by molar-refractivity contribution is 9.11. The van der Waals surface area contributed by atoms with Crippen LogP contribution in [0.5, 0.6) is 5.75 Å². The maximum Gasteiger partial charge on any atom is 0.363 e. The van der Waals surface area contributed by atoms with Gasteiger partial charge in [-0.2, -0.15) is 0 Å². The molecule has 3 aromatic carbocycles. The Morgan fingerprint density at radius 1 is 1.00 bits per heavy atom.